The number of hydrogen-bond acceptors (Lipinski definition) is 4. The van der Waals surface area contributed by atoms with Crippen molar-refractivity contribution in [3.05, 3.63) is 108 Å². The molecule has 0 saturated carbocycles. The van der Waals surface area contributed by atoms with Crippen LogP contribution >= 0.6 is 0 Å². The molecule has 0 radical (unpaired) electrons. The standard InChI is InChI=1S/C25H29NO.H2O4S/c1-2-25(27)24(18-21-12-6-3-7-13-21)26(19-22-14-8-4-9-15-22)20-23-16-10-5-11-17-23;1-5(2,3)4/h3-17,24-25,27H,2,18-20H2,1H3;(H2,1,2,3,4)/t24-,25-;/m1./s1. The first-order valence-corrected chi connectivity index (χ1v) is 11.9. The summed E-state index contributed by atoms with van der Waals surface area (Å²) in [5.41, 5.74) is 3.81. The van der Waals surface area contributed by atoms with Gasteiger partial charge in [-0.15, -0.1) is 0 Å². The fraction of sp³-hybridized carbons (Fsp3) is 0.280. The largest absolute Gasteiger partial charge is 0.394 e. The van der Waals surface area contributed by atoms with Crippen LogP contribution in [0.3, 0.4) is 0 Å². The predicted molar refractivity (Wildman–Crippen MR) is 127 cm³/mol. The molecule has 0 aliphatic rings. The number of benzene rings is 3. The lowest BCUT2D eigenvalue weighted by atomic mass is 9.96. The lowest BCUT2D eigenvalue weighted by molar-refractivity contribution is 0.0370. The number of aliphatic hydroxyl groups excluding tert-OH is 1. The summed E-state index contributed by atoms with van der Waals surface area (Å²) < 4.78 is 31.6. The normalized spacial score (nSPS) is 13.2. The molecule has 7 heteroatoms. The maximum absolute atomic E-state index is 10.9. The van der Waals surface area contributed by atoms with E-state index < -0.39 is 10.4 Å². The predicted octanol–water partition coefficient (Wildman–Crippen LogP) is 4.42. The van der Waals surface area contributed by atoms with Crippen LogP contribution in [0.4, 0.5) is 0 Å². The molecule has 172 valence electrons. The van der Waals surface area contributed by atoms with Gasteiger partial charge in [0.25, 0.3) is 0 Å². The van der Waals surface area contributed by atoms with Crippen molar-refractivity contribution in [1.29, 1.82) is 0 Å². The van der Waals surface area contributed by atoms with Crippen LogP contribution in [0.25, 0.3) is 0 Å². The van der Waals surface area contributed by atoms with E-state index in [2.05, 4.69) is 84.6 Å². The molecule has 0 unspecified atom stereocenters. The van der Waals surface area contributed by atoms with Crippen molar-refractivity contribution < 1.29 is 22.6 Å². The molecule has 0 heterocycles. The van der Waals surface area contributed by atoms with Gasteiger partial charge in [-0.2, -0.15) is 8.42 Å². The third kappa shape index (κ3) is 10.2. The van der Waals surface area contributed by atoms with Gasteiger partial charge in [0.1, 0.15) is 0 Å². The van der Waals surface area contributed by atoms with Crippen LogP contribution in [0.15, 0.2) is 91.0 Å². The molecule has 3 aromatic rings. The molecule has 2 atom stereocenters. The zero-order chi connectivity index (χ0) is 23.4. The maximum Gasteiger partial charge on any atom is 0.394 e. The smallest absolute Gasteiger partial charge is 0.391 e. The Morgan fingerprint density at radius 1 is 0.719 bits per heavy atom. The number of nitrogens with zero attached hydrogens (tertiary/aromatic N) is 1. The van der Waals surface area contributed by atoms with Gasteiger partial charge >= 0.3 is 10.4 Å². The second-order valence-electron chi connectivity index (χ2n) is 7.56. The quantitative estimate of drug-likeness (QED) is 0.412. The van der Waals surface area contributed by atoms with E-state index in [9.17, 15) is 5.11 Å². The van der Waals surface area contributed by atoms with Gasteiger partial charge < -0.3 is 5.11 Å². The highest BCUT2D eigenvalue weighted by atomic mass is 32.3. The zero-order valence-corrected chi connectivity index (χ0v) is 19.0. The van der Waals surface area contributed by atoms with Crippen molar-refractivity contribution in [2.75, 3.05) is 0 Å². The van der Waals surface area contributed by atoms with Gasteiger partial charge in [-0.05, 0) is 29.5 Å². The van der Waals surface area contributed by atoms with Crippen LogP contribution in [0, 0.1) is 0 Å². The van der Waals surface area contributed by atoms with E-state index in [0.717, 1.165) is 25.9 Å². The lowest BCUT2D eigenvalue weighted by Gasteiger charge is -2.35. The zero-order valence-electron chi connectivity index (χ0n) is 18.2. The first-order valence-electron chi connectivity index (χ1n) is 10.5. The molecule has 3 aromatic carbocycles. The van der Waals surface area contributed by atoms with Crippen molar-refractivity contribution in [2.24, 2.45) is 0 Å². The Morgan fingerprint density at radius 2 is 1.06 bits per heavy atom. The highest BCUT2D eigenvalue weighted by Gasteiger charge is 2.25. The van der Waals surface area contributed by atoms with Crippen LogP contribution in [0.5, 0.6) is 0 Å². The number of hydrogen-bond donors (Lipinski definition) is 3. The Balaban J connectivity index is 0.000000654. The van der Waals surface area contributed by atoms with Crippen molar-refractivity contribution in [3.63, 3.8) is 0 Å². The molecule has 0 aromatic heterocycles. The summed E-state index contributed by atoms with van der Waals surface area (Å²) in [5.74, 6) is 0. The summed E-state index contributed by atoms with van der Waals surface area (Å²) >= 11 is 0. The minimum Gasteiger partial charge on any atom is -0.391 e. The molecule has 0 aliphatic carbocycles. The second-order valence-corrected chi connectivity index (χ2v) is 8.45. The summed E-state index contributed by atoms with van der Waals surface area (Å²) in [4.78, 5) is 2.42. The summed E-state index contributed by atoms with van der Waals surface area (Å²) in [5, 5.41) is 10.9. The van der Waals surface area contributed by atoms with Gasteiger partial charge in [0, 0.05) is 19.1 Å². The highest BCUT2D eigenvalue weighted by Crippen LogP contribution is 2.20. The van der Waals surface area contributed by atoms with Gasteiger partial charge in [0.2, 0.25) is 0 Å². The summed E-state index contributed by atoms with van der Waals surface area (Å²) in [6.45, 7) is 3.71. The van der Waals surface area contributed by atoms with Gasteiger partial charge in [-0.1, -0.05) is 97.9 Å². The van der Waals surface area contributed by atoms with E-state index in [1.165, 1.54) is 16.7 Å². The summed E-state index contributed by atoms with van der Waals surface area (Å²) in [6, 6.07) is 31.6. The number of rotatable bonds is 9. The fourth-order valence-electron chi connectivity index (χ4n) is 3.56. The topological polar surface area (TPSA) is 98.1 Å². The van der Waals surface area contributed by atoms with Crippen molar-refractivity contribution in [3.8, 4) is 0 Å². The van der Waals surface area contributed by atoms with Crippen LogP contribution in [-0.4, -0.2) is 39.7 Å². The molecule has 0 bridgehead atoms. The second kappa shape index (κ2) is 13.1. The molecule has 0 spiro atoms. The van der Waals surface area contributed by atoms with E-state index in [1.807, 2.05) is 18.2 Å². The molecule has 32 heavy (non-hydrogen) atoms. The molecule has 3 N–H and O–H groups in total. The average Bonchev–Trinajstić information content (AvgIpc) is 2.77. The van der Waals surface area contributed by atoms with E-state index in [4.69, 9.17) is 17.5 Å². The van der Waals surface area contributed by atoms with Crippen LogP contribution in [0.2, 0.25) is 0 Å². The SMILES string of the molecule is CC[C@@H](O)[C@@H](Cc1ccccc1)N(Cc1ccccc1)Cc1ccccc1.O=S(=O)(O)O. The van der Waals surface area contributed by atoms with Crippen molar-refractivity contribution in [2.45, 2.75) is 45.0 Å². The first-order chi connectivity index (χ1) is 15.3. The van der Waals surface area contributed by atoms with E-state index in [0.29, 0.717) is 0 Å². The lowest BCUT2D eigenvalue weighted by Crippen LogP contribution is -2.44. The van der Waals surface area contributed by atoms with Gasteiger partial charge in [-0.25, -0.2) is 0 Å². The molecular weight excluding hydrogens is 426 g/mol. The fourth-order valence-corrected chi connectivity index (χ4v) is 3.56. The Bertz CT molecular complexity index is 949. The summed E-state index contributed by atoms with van der Waals surface area (Å²) in [6.07, 6.45) is 1.23. The molecule has 0 saturated heterocycles. The van der Waals surface area contributed by atoms with Gasteiger partial charge in [0.05, 0.1) is 6.10 Å². The molecule has 3 rings (SSSR count). The van der Waals surface area contributed by atoms with E-state index in [-0.39, 0.29) is 12.1 Å². The molecule has 0 fully saturated rings. The van der Waals surface area contributed by atoms with E-state index in [1.54, 1.807) is 0 Å². The van der Waals surface area contributed by atoms with Crippen molar-refractivity contribution in [1.82, 2.24) is 4.90 Å². The molecule has 6 nitrogen and oxygen atoms in total. The molecular formula is C25H31NO5S. The van der Waals surface area contributed by atoms with E-state index >= 15 is 0 Å². The molecule has 0 amide bonds. The summed E-state index contributed by atoms with van der Waals surface area (Å²) in [7, 11) is -4.67. The van der Waals surface area contributed by atoms with Crippen LogP contribution in [0.1, 0.15) is 30.0 Å². The third-order valence-electron chi connectivity index (χ3n) is 5.08. The first kappa shape index (κ1) is 25.7. The minimum absolute atomic E-state index is 0.0674. The van der Waals surface area contributed by atoms with Crippen LogP contribution < -0.4 is 0 Å². The monoisotopic (exact) mass is 457 g/mol. The Labute approximate surface area is 190 Å². The van der Waals surface area contributed by atoms with Crippen molar-refractivity contribution >= 4 is 10.4 Å². The van der Waals surface area contributed by atoms with Gasteiger partial charge in [0.15, 0.2) is 0 Å². The Morgan fingerprint density at radius 3 is 1.41 bits per heavy atom. The van der Waals surface area contributed by atoms with Crippen LogP contribution in [-0.2, 0) is 29.9 Å². The average molecular weight is 458 g/mol. The highest BCUT2D eigenvalue weighted by molar-refractivity contribution is 7.79. The third-order valence-corrected chi connectivity index (χ3v) is 5.08. The maximum atomic E-state index is 10.9. The Kier molecular flexibility index (Phi) is 10.5. The molecule has 0 aliphatic heterocycles. The number of aliphatic hydroxyl groups is 1. The van der Waals surface area contributed by atoms with Gasteiger partial charge in [-0.3, -0.25) is 14.0 Å². The minimum atomic E-state index is -4.67. The Hall–Kier alpha value is -2.55.